The van der Waals surface area contributed by atoms with E-state index in [1.807, 2.05) is 6.92 Å². The van der Waals surface area contributed by atoms with Gasteiger partial charge in [0, 0.05) is 17.3 Å². The van der Waals surface area contributed by atoms with Gasteiger partial charge in [-0.1, -0.05) is 11.6 Å². The summed E-state index contributed by atoms with van der Waals surface area (Å²) in [6.07, 6.45) is 0. The number of aromatic carboxylic acids is 1. The van der Waals surface area contributed by atoms with Crippen molar-refractivity contribution in [1.29, 1.82) is 0 Å². The maximum absolute atomic E-state index is 11.2. The summed E-state index contributed by atoms with van der Waals surface area (Å²) in [7, 11) is 0. The van der Waals surface area contributed by atoms with Gasteiger partial charge in [-0.15, -0.1) is 0 Å². The molecular weight excluding hydrogens is 244 g/mol. The Morgan fingerprint density at radius 2 is 2.12 bits per heavy atom. The number of nitrogens with one attached hydrogen (secondary N) is 2. The van der Waals surface area contributed by atoms with E-state index in [-0.39, 0.29) is 18.0 Å². The van der Waals surface area contributed by atoms with Crippen LogP contribution in [-0.2, 0) is 4.79 Å². The van der Waals surface area contributed by atoms with Crippen molar-refractivity contribution in [3.05, 3.63) is 28.8 Å². The molecule has 0 aliphatic heterocycles. The Hall–Kier alpha value is -1.75. The Bertz CT molecular complexity index is 435. The van der Waals surface area contributed by atoms with E-state index in [0.29, 0.717) is 17.3 Å². The average Bonchev–Trinajstić information content (AvgIpc) is 2.27. The number of carboxylic acids is 1. The van der Waals surface area contributed by atoms with Crippen molar-refractivity contribution in [2.75, 3.05) is 18.4 Å². The molecule has 0 atom stereocenters. The molecule has 0 bridgehead atoms. The van der Waals surface area contributed by atoms with Crippen LogP contribution in [-0.4, -0.2) is 30.1 Å². The standard InChI is InChI=1S/C11H13ClN2O3/c1-2-13-10(15)6-14-9-4-3-7(12)5-8(9)11(16)17/h3-5,14H,2,6H2,1H3,(H,13,15)(H,16,17). The summed E-state index contributed by atoms with van der Waals surface area (Å²) in [5.74, 6) is -1.29. The lowest BCUT2D eigenvalue weighted by Crippen LogP contribution is -2.29. The van der Waals surface area contributed by atoms with Crippen LogP contribution >= 0.6 is 11.6 Å². The predicted octanol–water partition coefficient (Wildman–Crippen LogP) is 1.59. The minimum Gasteiger partial charge on any atom is -0.478 e. The molecule has 0 radical (unpaired) electrons. The first-order chi connectivity index (χ1) is 8.04. The number of benzene rings is 1. The molecule has 1 aromatic rings. The Kier molecular flexibility index (Phi) is 4.78. The van der Waals surface area contributed by atoms with Crippen molar-refractivity contribution >= 4 is 29.2 Å². The van der Waals surface area contributed by atoms with Gasteiger partial charge < -0.3 is 15.7 Å². The molecule has 0 unspecified atom stereocenters. The van der Waals surface area contributed by atoms with Crippen LogP contribution in [0.2, 0.25) is 5.02 Å². The summed E-state index contributed by atoms with van der Waals surface area (Å²) in [6.45, 7) is 2.37. The Morgan fingerprint density at radius 1 is 1.41 bits per heavy atom. The number of carbonyl (C=O) groups excluding carboxylic acids is 1. The van der Waals surface area contributed by atoms with E-state index in [4.69, 9.17) is 16.7 Å². The smallest absolute Gasteiger partial charge is 0.337 e. The third kappa shape index (κ3) is 3.96. The fraction of sp³-hybridized carbons (Fsp3) is 0.273. The van der Waals surface area contributed by atoms with Crippen LogP contribution in [0, 0.1) is 0 Å². The molecule has 3 N–H and O–H groups in total. The van der Waals surface area contributed by atoms with Crippen LogP contribution in [0.25, 0.3) is 0 Å². The molecular formula is C11H13ClN2O3. The number of likely N-dealkylation sites (N-methyl/N-ethyl adjacent to an activating group) is 1. The van der Waals surface area contributed by atoms with Crippen molar-refractivity contribution < 1.29 is 14.7 Å². The molecule has 0 aliphatic rings. The summed E-state index contributed by atoms with van der Waals surface area (Å²) in [5.41, 5.74) is 0.412. The Labute approximate surface area is 104 Å². The zero-order chi connectivity index (χ0) is 12.8. The highest BCUT2D eigenvalue weighted by Gasteiger charge is 2.11. The van der Waals surface area contributed by atoms with E-state index in [1.165, 1.54) is 12.1 Å². The van der Waals surface area contributed by atoms with Crippen LogP contribution in [0.3, 0.4) is 0 Å². The van der Waals surface area contributed by atoms with Crippen molar-refractivity contribution in [2.24, 2.45) is 0 Å². The van der Waals surface area contributed by atoms with Crippen molar-refractivity contribution in [1.82, 2.24) is 5.32 Å². The summed E-state index contributed by atoms with van der Waals surface area (Å²) in [4.78, 5) is 22.2. The van der Waals surface area contributed by atoms with Crippen molar-refractivity contribution in [3.8, 4) is 0 Å². The zero-order valence-corrected chi connectivity index (χ0v) is 10.0. The molecule has 0 aromatic heterocycles. The fourth-order valence-electron chi connectivity index (χ4n) is 1.28. The number of halogens is 1. The minimum atomic E-state index is -1.09. The third-order valence-corrected chi connectivity index (χ3v) is 2.26. The van der Waals surface area contributed by atoms with Crippen LogP contribution in [0.4, 0.5) is 5.69 Å². The molecule has 0 fully saturated rings. The lowest BCUT2D eigenvalue weighted by Gasteiger charge is -2.09. The topological polar surface area (TPSA) is 78.4 Å². The minimum absolute atomic E-state index is 0.0236. The van der Waals surface area contributed by atoms with Gasteiger partial charge in [-0.3, -0.25) is 4.79 Å². The highest BCUT2D eigenvalue weighted by atomic mass is 35.5. The molecule has 5 nitrogen and oxygen atoms in total. The van der Waals surface area contributed by atoms with Crippen LogP contribution in [0.15, 0.2) is 18.2 Å². The first-order valence-electron chi connectivity index (χ1n) is 5.08. The normalized spacial score (nSPS) is 9.76. The average molecular weight is 257 g/mol. The molecule has 0 saturated heterocycles. The molecule has 0 saturated carbocycles. The van der Waals surface area contributed by atoms with Crippen LogP contribution in [0.5, 0.6) is 0 Å². The number of amides is 1. The molecule has 1 aromatic carbocycles. The van der Waals surface area contributed by atoms with Gasteiger partial charge in [0.2, 0.25) is 5.91 Å². The van der Waals surface area contributed by atoms with E-state index < -0.39 is 5.97 Å². The number of hydrogen-bond donors (Lipinski definition) is 3. The summed E-state index contributed by atoms with van der Waals surface area (Å²) in [6, 6.07) is 4.43. The van der Waals surface area contributed by atoms with Gasteiger partial charge in [-0.2, -0.15) is 0 Å². The zero-order valence-electron chi connectivity index (χ0n) is 9.29. The van der Waals surface area contributed by atoms with Gasteiger partial charge in [0.05, 0.1) is 12.1 Å². The highest BCUT2D eigenvalue weighted by molar-refractivity contribution is 6.31. The molecule has 17 heavy (non-hydrogen) atoms. The van der Waals surface area contributed by atoms with E-state index in [2.05, 4.69) is 10.6 Å². The Morgan fingerprint density at radius 3 is 2.71 bits per heavy atom. The van der Waals surface area contributed by atoms with Gasteiger partial charge in [0.15, 0.2) is 0 Å². The molecule has 0 spiro atoms. The number of carbonyl (C=O) groups is 2. The van der Waals surface area contributed by atoms with Crippen molar-refractivity contribution in [3.63, 3.8) is 0 Å². The van der Waals surface area contributed by atoms with E-state index in [0.717, 1.165) is 0 Å². The molecule has 0 heterocycles. The van der Waals surface area contributed by atoms with Gasteiger partial charge in [0.1, 0.15) is 0 Å². The Balaban J connectivity index is 2.77. The molecule has 0 aliphatic carbocycles. The quantitative estimate of drug-likeness (QED) is 0.748. The second kappa shape index (κ2) is 6.10. The van der Waals surface area contributed by atoms with E-state index in [1.54, 1.807) is 6.07 Å². The van der Waals surface area contributed by atoms with Crippen LogP contribution in [0.1, 0.15) is 17.3 Å². The van der Waals surface area contributed by atoms with Crippen LogP contribution < -0.4 is 10.6 Å². The van der Waals surface area contributed by atoms with Gasteiger partial charge in [-0.25, -0.2) is 4.79 Å². The number of carboxylic acid groups (broad SMARTS) is 1. The molecule has 92 valence electrons. The predicted molar refractivity (Wildman–Crippen MR) is 65.6 cm³/mol. The second-order valence-electron chi connectivity index (χ2n) is 3.30. The first kappa shape index (κ1) is 13.3. The number of rotatable bonds is 5. The SMILES string of the molecule is CCNC(=O)CNc1ccc(Cl)cc1C(=O)O. The lowest BCUT2D eigenvalue weighted by molar-refractivity contribution is -0.119. The largest absolute Gasteiger partial charge is 0.478 e. The fourth-order valence-corrected chi connectivity index (χ4v) is 1.45. The van der Waals surface area contributed by atoms with Gasteiger partial charge in [0.25, 0.3) is 0 Å². The highest BCUT2D eigenvalue weighted by Crippen LogP contribution is 2.20. The maximum atomic E-state index is 11.2. The molecule has 1 rings (SSSR count). The number of hydrogen-bond acceptors (Lipinski definition) is 3. The summed E-state index contributed by atoms with van der Waals surface area (Å²) in [5, 5.41) is 14.7. The molecule has 1 amide bonds. The lowest BCUT2D eigenvalue weighted by atomic mass is 10.2. The second-order valence-corrected chi connectivity index (χ2v) is 3.74. The summed E-state index contributed by atoms with van der Waals surface area (Å²) >= 11 is 5.70. The number of anilines is 1. The van der Waals surface area contributed by atoms with Gasteiger partial charge in [-0.05, 0) is 25.1 Å². The third-order valence-electron chi connectivity index (χ3n) is 2.03. The van der Waals surface area contributed by atoms with E-state index in [9.17, 15) is 9.59 Å². The first-order valence-corrected chi connectivity index (χ1v) is 5.45. The van der Waals surface area contributed by atoms with Gasteiger partial charge >= 0.3 is 5.97 Å². The molecule has 6 heteroatoms. The maximum Gasteiger partial charge on any atom is 0.337 e. The van der Waals surface area contributed by atoms with Crippen molar-refractivity contribution in [2.45, 2.75) is 6.92 Å². The summed E-state index contributed by atoms with van der Waals surface area (Å²) < 4.78 is 0. The van der Waals surface area contributed by atoms with E-state index >= 15 is 0 Å². The monoisotopic (exact) mass is 256 g/mol.